The van der Waals surface area contributed by atoms with Gasteiger partial charge < -0.3 is 15.4 Å². The molecule has 1 aromatic rings. The second kappa shape index (κ2) is 5.90. The molecule has 20 heavy (non-hydrogen) atoms. The van der Waals surface area contributed by atoms with Crippen molar-refractivity contribution in [3.05, 3.63) is 29.6 Å². The van der Waals surface area contributed by atoms with Gasteiger partial charge in [-0.1, -0.05) is 0 Å². The highest BCUT2D eigenvalue weighted by atomic mass is 19.1. The summed E-state index contributed by atoms with van der Waals surface area (Å²) in [5.41, 5.74) is 5.60. The molecule has 0 aliphatic heterocycles. The summed E-state index contributed by atoms with van der Waals surface area (Å²) in [4.78, 5) is 25.4. The van der Waals surface area contributed by atoms with Crippen LogP contribution in [0.5, 0.6) is 0 Å². The van der Waals surface area contributed by atoms with Crippen molar-refractivity contribution in [1.29, 1.82) is 0 Å². The number of benzene rings is 1. The van der Waals surface area contributed by atoms with Gasteiger partial charge in [-0.05, 0) is 38.0 Å². The van der Waals surface area contributed by atoms with E-state index in [-0.39, 0.29) is 29.8 Å². The van der Waals surface area contributed by atoms with Gasteiger partial charge in [-0.2, -0.15) is 0 Å². The fourth-order valence-corrected chi connectivity index (χ4v) is 2.03. The zero-order valence-corrected chi connectivity index (χ0v) is 11.3. The maximum absolute atomic E-state index is 12.9. The highest BCUT2D eigenvalue weighted by molar-refractivity contribution is 5.96. The number of halogens is 1. The van der Waals surface area contributed by atoms with Crippen molar-refractivity contribution in [2.75, 3.05) is 18.9 Å². The minimum atomic E-state index is -0.720. The number of hydrogen-bond donors (Lipinski definition) is 1. The number of nitrogen functional groups attached to an aromatic ring is 1. The molecule has 0 aromatic heterocycles. The smallest absolute Gasteiger partial charge is 0.340 e. The minimum absolute atomic E-state index is 0.00279. The normalized spacial score (nSPS) is 13.9. The molecule has 0 heterocycles. The number of esters is 1. The van der Waals surface area contributed by atoms with Crippen molar-refractivity contribution >= 4 is 17.6 Å². The highest BCUT2D eigenvalue weighted by Gasteiger charge is 2.31. The Kier molecular flexibility index (Phi) is 4.22. The van der Waals surface area contributed by atoms with Crippen molar-refractivity contribution in [2.24, 2.45) is 0 Å². The monoisotopic (exact) mass is 280 g/mol. The fourth-order valence-electron chi connectivity index (χ4n) is 2.03. The van der Waals surface area contributed by atoms with Crippen molar-refractivity contribution in [3.63, 3.8) is 0 Å². The van der Waals surface area contributed by atoms with E-state index in [9.17, 15) is 14.0 Å². The summed E-state index contributed by atoms with van der Waals surface area (Å²) in [6.45, 7) is 2.16. The van der Waals surface area contributed by atoms with Crippen molar-refractivity contribution in [2.45, 2.75) is 25.8 Å². The van der Waals surface area contributed by atoms with Crippen LogP contribution in [0, 0.1) is 5.82 Å². The molecule has 0 atom stereocenters. The summed E-state index contributed by atoms with van der Waals surface area (Å²) in [7, 11) is 0. The average molecular weight is 280 g/mol. The number of ether oxygens (including phenoxy) is 1. The maximum Gasteiger partial charge on any atom is 0.340 e. The Labute approximate surface area is 116 Å². The third-order valence-electron chi connectivity index (χ3n) is 3.21. The molecule has 0 spiro atoms. The Morgan fingerprint density at radius 3 is 2.70 bits per heavy atom. The van der Waals surface area contributed by atoms with Crippen LogP contribution in [0.2, 0.25) is 0 Å². The lowest BCUT2D eigenvalue weighted by atomic mass is 10.2. The van der Waals surface area contributed by atoms with E-state index in [2.05, 4.69) is 0 Å². The predicted octanol–water partition coefficient (Wildman–Crippen LogP) is 1.58. The molecule has 6 heteroatoms. The molecule has 0 bridgehead atoms. The second-order valence-corrected chi connectivity index (χ2v) is 4.72. The number of nitrogens with two attached hydrogens (primary N) is 1. The number of amides is 1. The molecule has 0 saturated heterocycles. The van der Waals surface area contributed by atoms with Gasteiger partial charge in [0.05, 0.1) is 5.56 Å². The summed E-state index contributed by atoms with van der Waals surface area (Å²) >= 11 is 0. The van der Waals surface area contributed by atoms with E-state index < -0.39 is 11.8 Å². The van der Waals surface area contributed by atoms with Gasteiger partial charge in [0.1, 0.15) is 5.82 Å². The molecule has 1 aliphatic carbocycles. The van der Waals surface area contributed by atoms with Crippen LogP contribution >= 0.6 is 0 Å². The molecule has 1 fully saturated rings. The standard InChI is InChI=1S/C14H17FN2O3/c1-2-17(10-4-5-10)13(18)8-20-14(19)11-6-3-9(15)7-12(11)16/h3,6-7,10H,2,4-5,8,16H2,1H3. The van der Waals surface area contributed by atoms with Gasteiger partial charge in [0.2, 0.25) is 0 Å². The predicted molar refractivity (Wildman–Crippen MR) is 71.5 cm³/mol. The molecular formula is C14H17FN2O3. The first-order chi connectivity index (χ1) is 9.52. The molecule has 1 aliphatic rings. The van der Waals surface area contributed by atoms with E-state index in [1.54, 1.807) is 4.90 Å². The second-order valence-electron chi connectivity index (χ2n) is 4.72. The SMILES string of the molecule is CCN(C(=O)COC(=O)c1ccc(F)cc1N)C1CC1. The first-order valence-corrected chi connectivity index (χ1v) is 6.54. The van der Waals surface area contributed by atoms with Gasteiger partial charge in [0, 0.05) is 18.3 Å². The number of carbonyl (C=O) groups excluding carboxylic acids is 2. The first kappa shape index (κ1) is 14.3. The van der Waals surface area contributed by atoms with E-state index in [0.717, 1.165) is 25.0 Å². The molecule has 5 nitrogen and oxygen atoms in total. The maximum atomic E-state index is 12.9. The zero-order valence-electron chi connectivity index (χ0n) is 11.3. The third-order valence-corrected chi connectivity index (χ3v) is 3.21. The van der Waals surface area contributed by atoms with E-state index in [1.807, 2.05) is 6.92 Å². The van der Waals surface area contributed by atoms with Crippen molar-refractivity contribution < 1.29 is 18.7 Å². The van der Waals surface area contributed by atoms with Gasteiger partial charge in [-0.25, -0.2) is 9.18 Å². The summed E-state index contributed by atoms with van der Waals surface area (Å²) in [5, 5.41) is 0. The molecule has 1 saturated carbocycles. The Hall–Kier alpha value is -2.11. The van der Waals surface area contributed by atoms with Gasteiger partial charge in [-0.15, -0.1) is 0 Å². The van der Waals surface area contributed by atoms with E-state index in [0.29, 0.717) is 6.54 Å². The van der Waals surface area contributed by atoms with Crippen molar-refractivity contribution in [1.82, 2.24) is 4.90 Å². The average Bonchev–Trinajstić information content (AvgIpc) is 3.21. The fraction of sp³-hybridized carbons (Fsp3) is 0.429. The Bertz CT molecular complexity index is 529. The van der Waals surface area contributed by atoms with Crippen LogP contribution in [0.25, 0.3) is 0 Å². The lowest BCUT2D eigenvalue weighted by Gasteiger charge is -2.20. The molecule has 2 rings (SSSR count). The number of likely N-dealkylation sites (N-methyl/N-ethyl adjacent to an activating group) is 1. The lowest BCUT2D eigenvalue weighted by molar-refractivity contribution is -0.134. The van der Waals surface area contributed by atoms with E-state index >= 15 is 0 Å². The zero-order chi connectivity index (χ0) is 14.7. The van der Waals surface area contributed by atoms with Crippen LogP contribution in [-0.2, 0) is 9.53 Å². The molecule has 1 aromatic carbocycles. The van der Waals surface area contributed by atoms with Crippen LogP contribution in [0.3, 0.4) is 0 Å². The Morgan fingerprint density at radius 1 is 1.45 bits per heavy atom. The number of anilines is 1. The molecule has 2 N–H and O–H groups in total. The minimum Gasteiger partial charge on any atom is -0.452 e. The molecule has 1 amide bonds. The third kappa shape index (κ3) is 3.26. The molecular weight excluding hydrogens is 263 g/mol. The summed E-state index contributed by atoms with van der Waals surface area (Å²) in [6.07, 6.45) is 2.00. The van der Waals surface area contributed by atoms with Gasteiger partial charge >= 0.3 is 5.97 Å². The Morgan fingerprint density at radius 2 is 2.15 bits per heavy atom. The highest BCUT2D eigenvalue weighted by Crippen LogP contribution is 2.26. The molecule has 0 unspecified atom stereocenters. The van der Waals surface area contributed by atoms with Crippen LogP contribution in [0.1, 0.15) is 30.1 Å². The number of hydrogen-bond acceptors (Lipinski definition) is 4. The van der Waals surface area contributed by atoms with Gasteiger partial charge in [-0.3, -0.25) is 4.79 Å². The summed E-state index contributed by atoms with van der Waals surface area (Å²) in [6, 6.07) is 3.69. The number of rotatable bonds is 5. The van der Waals surface area contributed by atoms with Crippen LogP contribution < -0.4 is 5.73 Å². The molecule has 108 valence electrons. The largest absolute Gasteiger partial charge is 0.452 e. The Balaban J connectivity index is 1.92. The topological polar surface area (TPSA) is 72.6 Å². The van der Waals surface area contributed by atoms with Crippen LogP contribution in [0.4, 0.5) is 10.1 Å². The summed E-state index contributed by atoms with van der Waals surface area (Å²) < 4.78 is 17.8. The van der Waals surface area contributed by atoms with Crippen molar-refractivity contribution in [3.8, 4) is 0 Å². The number of nitrogens with zero attached hydrogens (tertiary/aromatic N) is 1. The van der Waals surface area contributed by atoms with Gasteiger partial charge in [0.25, 0.3) is 5.91 Å². The van der Waals surface area contributed by atoms with Crippen LogP contribution in [-0.4, -0.2) is 36.0 Å². The molecule has 0 radical (unpaired) electrons. The quantitative estimate of drug-likeness (QED) is 0.656. The van der Waals surface area contributed by atoms with E-state index in [4.69, 9.17) is 10.5 Å². The van der Waals surface area contributed by atoms with Gasteiger partial charge in [0.15, 0.2) is 6.61 Å². The van der Waals surface area contributed by atoms with E-state index in [1.165, 1.54) is 6.07 Å². The number of carbonyl (C=O) groups is 2. The van der Waals surface area contributed by atoms with Crippen LogP contribution in [0.15, 0.2) is 18.2 Å². The first-order valence-electron chi connectivity index (χ1n) is 6.54. The lowest BCUT2D eigenvalue weighted by Crippen LogP contribution is -2.36. The summed E-state index contributed by atoms with van der Waals surface area (Å²) in [5.74, 6) is -1.47.